The van der Waals surface area contributed by atoms with E-state index < -0.39 is 0 Å². The lowest BCUT2D eigenvalue weighted by Gasteiger charge is -2.18. The average Bonchev–Trinajstić information content (AvgIpc) is 3.02. The van der Waals surface area contributed by atoms with Crippen LogP contribution in [0.1, 0.15) is 46.0 Å². The molecular formula is C13H26N2. The lowest BCUT2D eigenvalue weighted by Crippen LogP contribution is -2.33. The molecule has 2 nitrogen and oxygen atoms in total. The SMILES string of the molecule is CCC1CC1NC1CCCN(CC)CC1. The highest BCUT2D eigenvalue weighted by Crippen LogP contribution is 2.34. The van der Waals surface area contributed by atoms with E-state index >= 15 is 0 Å². The van der Waals surface area contributed by atoms with Gasteiger partial charge in [-0.25, -0.2) is 0 Å². The second-order valence-electron chi connectivity index (χ2n) is 5.24. The van der Waals surface area contributed by atoms with Gasteiger partial charge in [-0.1, -0.05) is 20.3 Å². The summed E-state index contributed by atoms with van der Waals surface area (Å²) in [6.07, 6.45) is 6.94. The van der Waals surface area contributed by atoms with Crippen molar-refractivity contribution in [2.45, 2.75) is 58.0 Å². The molecule has 1 aliphatic heterocycles. The molecule has 1 heterocycles. The second-order valence-corrected chi connectivity index (χ2v) is 5.24. The van der Waals surface area contributed by atoms with E-state index in [1.54, 1.807) is 0 Å². The van der Waals surface area contributed by atoms with Gasteiger partial charge in [0.25, 0.3) is 0 Å². The highest BCUT2D eigenvalue weighted by atomic mass is 15.1. The van der Waals surface area contributed by atoms with Crippen LogP contribution in [-0.4, -0.2) is 36.6 Å². The Labute approximate surface area is 94.4 Å². The second kappa shape index (κ2) is 5.31. The van der Waals surface area contributed by atoms with Crippen LogP contribution in [0, 0.1) is 5.92 Å². The van der Waals surface area contributed by atoms with Crippen LogP contribution in [0.2, 0.25) is 0 Å². The molecule has 0 aromatic carbocycles. The van der Waals surface area contributed by atoms with Crippen molar-refractivity contribution < 1.29 is 0 Å². The van der Waals surface area contributed by atoms with Crippen LogP contribution in [0.5, 0.6) is 0 Å². The van der Waals surface area contributed by atoms with Gasteiger partial charge in [-0.2, -0.15) is 0 Å². The van der Waals surface area contributed by atoms with Crippen LogP contribution in [0.3, 0.4) is 0 Å². The lowest BCUT2D eigenvalue weighted by molar-refractivity contribution is 0.297. The molecule has 2 rings (SSSR count). The fourth-order valence-corrected chi connectivity index (χ4v) is 2.84. The Balaban J connectivity index is 1.70. The van der Waals surface area contributed by atoms with Crippen molar-refractivity contribution in [3.05, 3.63) is 0 Å². The summed E-state index contributed by atoms with van der Waals surface area (Å²) in [5.74, 6) is 0.996. The third kappa shape index (κ3) is 3.18. The first-order valence-electron chi connectivity index (χ1n) is 6.81. The van der Waals surface area contributed by atoms with Gasteiger partial charge in [0.2, 0.25) is 0 Å². The fraction of sp³-hybridized carbons (Fsp3) is 1.00. The van der Waals surface area contributed by atoms with E-state index in [-0.39, 0.29) is 0 Å². The minimum absolute atomic E-state index is 0.808. The summed E-state index contributed by atoms with van der Waals surface area (Å²) in [6, 6.07) is 1.68. The van der Waals surface area contributed by atoms with Crippen LogP contribution in [0.15, 0.2) is 0 Å². The summed E-state index contributed by atoms with van der Waals surface area (Å²) < 4.78 is 0. The Bertz CT molecular complexity index is 193. The smallest absolute Gasteiger partial charge is 0.0102 e. The molecule has 1 aliphatic carbocycles. The van der Waals surface area contributed by atoms with E-state index in [4.69, 9.17) is 0 Å². The minimum Gasteiger partial charge on any atom is -0.311 e. The first kappa shape index (κ1) is 11.4. The topological polar surface area (TPSA) is 15.3 Å². The zero-order chi connectivity index (χ0) is 10.7. The fourth-order valence-electron chi connectivity index (χ4n) is 2.84. The normalized spacial score (nSPS) is 37.6. The Morgan fingerprint density at radius 1 is 1.20 bits per heavy atom. The number of rotatable bonds is 4. The van der Waals surface area contributed by atoms with Crippen LogP contribution in [0.25, 0.3) is 0 Å². The predicted molar refractivity (Wildman–Crippen MR) is 65.1 cm³/mol. The Hall–Kier alpha value is -0.0800. The molecular weight excluding hydrogens is 184 g/mol. The van der Waals surface area contributed by atoms with Gasteiger partial charge in [0.1, 0.15) is 0 Å². The molecule has 2 aliphatic rings. The molecule has 1 saturated carbocycles. The molecule has 3 unspecified atom stereocenters. The van der Waals surface area contributed by atoms with Crippen molar-refractivity contribution in [3.63, 3.8) is 0 Å². The van der Waals surface area contributed by atoms with Gasteiger partial charge >= 0.3 is 0 Å². The highest BCUT2D eigenvalue weighted by Gasteiger charge is 2.36. The molecule has 0 radical (unpaired) electrons. The van der Waals surface area contributed by atoms with E-state index in [1.807, 2.05) is 0 Å². The van der Waals surface area contributed by atoms with E-state index in [9.17, 15) is 0 Å². The van der Waals surface area contributed by atoms with E-state index in [0.29, 0.717) is 0 Å². The Kier molecular flexibility index (Phi) is 4.04. The molecule has 3 atom stereocenters. The maximum Gasteiger partial charge on any atom is 0.0102 e. The molecule has 2 fully saturated rings. The van der Waals surface area contributed by atoms with E-state index in [2.05, 4.69) is 24.1 Å². The van der Waals surface area contributed by atoms with Gasteiger partial charge in [-0.15, -0.1) is 0 Å². The number of hydrogen-bond acceptors (Lipinski definition) is 2. The summed E-state index contributed by atoms with van der Waals surface area (Å²) >= 11 is 0. The molecule has 1 saturated heterocycles. The van der Waals surface area contributed by atoms with Gasteiger partial charge in [0, 0.05) is 12.1 Å². The zero-order valence-electron chi connectivity index (χ0n) is 10.3. The Morgan fingerprint density at radius 3 is 2.73 bits per heavy atom. The minimum atomic E-state index is 0.808. The standard InChI is InChI=1S/C13H26N2/c1-3-11-10-13(11)14-12-6-5-8-15(4-2)9-7-12/h11-14H,3-10H2,1-2H3. The average molecular weight is 210 g/mol. The van der Waals surface area contributed by atoms with E-state index in [1.165, 1.54) is 51.7 Å². The van der Waals surface area contributed by atoms with Crippen molar-refractivity contribution in [3.8, 4) is 0 Å². The van der Waals surface area contributed by atoms with Crippen LogP contribution in [0.4, 0.5) is 0 Å². The third-order valence-electron chi connectivity index (χ3n) is 4.16. The molecule has 2 heteroatoms. The van der Waals surface area contributed by atoms with Crippen LogP contribution >= 0.6 is 0 Å². The summed E-state index contributed by atoms with van der Waals surface area (Å²) in [5, 5.41) is 3.85. The van der Waals surface area contributed by atoms with Crippen molar-refractivity contribution in [2.75, 3.05) is 19.6 Å². The van der Waals surface area contributed by atoms with Crippen molar-refractivity contribution in [1.29, 1.82) is 0 Å². The summed E-state index contributed by atoms with van der Waals surface area (Å²) in [4.78, 5) is 2.59. The predicted octanol–water partition coefficient (Wildman–Crippen LogP) is 2.25. The molecule has 88 valence electrons. The third-order valence-corrected chi connectivity index (χ3v) is 4.16. The van der Waals surface area contributed by atoms with E-state index in [0.717, 1.165) is 18.0 Å². The van der Waals surface area contributed by atoms with Crippen molar-refractivity contribution in [1.82, 2.24) is 10.2 Å². The zero-order valence-corrected chi connectivity index (χ0v) is 10.3. The Morgan fingerprint density at radius 2 is 2.07 bits per heavy atom. The van der Waals surface area contributed by atoms with Gasteiger partial charge < -0.3 is 10.2 Å². The van der Waals surface area contributed by atoms with Gasteiger partial charge in [-0.3, -0.25) is 0 Å². The van der Waals surface area contributed by atoms with Gasteiger partial charge in [0.05, 0.1) is 0 Å². The number of likely N-dealkylation sites (tertiary alicyclic amines) is 1. The largest absolute Gasteiger partial charge is 0.311 e. The lowest BCUT2D eigenvalue weighted by atomic mass is 10.1. The van der Waals surface area contributed by atoms with Crippen molar-refractivity contribution in [2.24, 2.45) is 5.92 Å². The molecule has 0 aromatic heterocycles. The summed E-state index contributed by atoms with van der Waals surface area (Å²) in [6.45, 7) is 8.45. The maximum absolute atomic E-state index is 3.85. The highest BCUT2D eigenvalue weighted by molar-refractivity contribution is 4.94. The monoisotopic (exact) mass is 210 g/mol. The number of nitrogens with zero attached hydrogens (tertiary/aromatic N) is 1. The summed E-state index contributed by atoms with van der Waals surface area (Å²) in [7, 11) is 0. The number of hydrogen-bond donors (Lipinski definition) is 1. The van der Waals surface area contributed by atoms with Crippen LogP contribution < -0.4 is 5.32 Å². The van der Waals surface area contributed by atoms with Gasteiger partial charge in [0.15, 0.2) is 0 Å². The molecule has 1 N–H and O–H groups in total. The molecule has 0 spiro atoms. The molecule has 0 aromatic rings. The van der Waals surface area contributed by atoms with Gasteiger partial charge in [-0.05, 0) is 51.2 Å². The maximum atomic E-state index is 3.85. The van der Waals surface area contributed by atoms with Crippen LogP contribution in [-0.2, 0) is 0 Å². The summed E-state index contributed by atoms with van der Waals surface area (Å²) in [5.41, 5.74) is 0. The molecule has 0 bridgehead atoms. The first-order valence-corrected chi connectivity index (χ1v) is 6.81. The molecule has 15 heavy (non-hydrogen) atoms. The van der Waals surface area contributed by atoms with Crippen molar-refractivity contribution >= 4 is 0 Å². The quantitative estimate of drug-likeness (QED) is 0.765. The first-order chi connectivity index (χ1) is 7.33. The molecule has 0 amide bonds. The number of nitrogens with one attached hydrogen (secondary N) is 1.